The Morgan fingerprint density at radius 3 is 2.64 bits per heavy atom. The highest BCUT2D eigenvalue weighted by molar-refractivity contribution is 9.10. The number of nitrogens with zero attached hydrogens (tertiary/aromatic N) is 1. The normalized spacial score (nSPS) is 12.4. The molecule has 0 aliphatic heterocycles. The van der Waals surface area contributed by atoms with Crippen LogP contribution in [0.4, 0.5) is 0 Å². The lowest BCUT2D eigenvalue weighted by Crippen LogP contribution is -2.37. The smallest absolute Gasteiger partial charge is 0.176 e. The number of nitrogens with one attached hydrogen (secondary N) is 1. The standard InChI is InChI=1S/C19H25BrN2O3/c1-4-22(5-2)16(19-7-6-10-25-19)12-21-13-17(23)14-8-9-18(24-3)15(20)11-14/h6-11,16,21H,4-5,12-13H2,1-3H3. The Hall–Kier alpha value is -1.63. The monoisotopic (exact) mass is 408 g/mol. The number of rotatable bonds is 10. The van der Waals surface area contributed by atoms with Gasteiger partial charge < -0.3 is 14.5 Å². The van der Waals surface area contributed by atoms with Gasteiger partial charge in [-0.2, -0.15) is 0 Å². The molecular formula is C19H25BrN2O3. The topological polar surface area (TPSA) is 54.7 Å². The maximum Gasteiger partial charge on any atom is 0.176 e. The minimum Gasteiger partial charge on any atom is -0.496 e. The maximum atomic E-state index is 12.4. The first kappa shape index (κ1) is 19.7. The molecule has 1 unspecified atom stereocenters. The highest BCUT2D eigenvalue weighted by atomic mass is 79.9. The van der Waals surface area contributed by atoms with E-state index in [9.17, 15) is 4.79 Å². The molecule has 0 saturated carbocycles. The summed E-state index contributed by atoms with van der Waals surface area (Å²) in [7, 11) is 1.60. The molecule has 2 aromatic rings. The fraction of sp³-hybridized carbons (Fsp3) is 0.421. The zero-order chi connectivity index (χ0) is 18.2. The molecule has 0 amide bonds. The van der Waals surface area contributed by atoms with Gasteiger partial charge in [-0.1, -0.05) is 13.8 Å². The second kappa shape index (κ2) is 9.75. The lowest BCUT2D eigenvalue weighted by Gasteiger charge is -2.28. The highest BCUT2D eigenvalue weighted by Gasteiger charge is 2.20. The molecule has 1 aromatic carbocycles. The van der Waals surface area contributed by atoms with Crippen LogP contribution >= 0.6 is 15.9 Å². The quantitative estimate of drug-likeness (QED) is 0.604. The molecule has 1 heterocycles. The predicted octanol–water partition coefficient (Wildman–Crippen LogP) is 3.91. The van der Waals surface area contributed by atoms with Crippen molar-refractivity contribution in [3.63, 3.8) is 0 Å². The fourth-order valence-electron chi connectivity index (χ4n) is 2.82. The SMILES string of the molecule is CCN(CC)C(CNCC(=O)c1ccc(OC)c(Br)c1)c1ccco1. The van der Waals surface area contributed by atoms with Crippen LogP contribution in [0.25, 0.3) is 0 Å². The molecule has 1 N–H and O–H groups in total. The van der Waals surface area contributed by atoms with Crippen molar-refractivity contribution in [3.8, 4) is 5.75 Å². The molecule has 0 bridgehead atoms. The van der Waals surface area contributed by atoms with Crippen molar-refractivity contribution in [1.82, 2.24) is 10.2 Å². The minimum absolute atomic E-state index is 0.0427. The van der Waals surface area contributed by atoms with Crippen molar-refractivity contribution in [3.05, 3.63) is 52.4 Å². The number of methoxy groups -OCH3 is 1. The van der Waals surface area contributed by atoms with E-state index in [2.05, 4.69) is 40.0 Å². The van der Waals surface area contributed by atoms with E-state index in [1.54, 1.807) is 31.6 Å². The second-order valence-corrected chi connectivity index (χ2v) is 6.51. The summed E-state index contributed by atoms with van der Waals surface area (Å²) in [6, 6.07) is 9.34. The van der Waals surface area contributed by atoms with Crippen molar-refractivity contribution in [2.45, 2.75) is 19.9 Å². The third kappa shape index (κ3) is 5.17. The molecule has 6 heteroatoms. The Kier molecular flexibility index (Phi) is 7.68. The van der Waals surface area contributed by atoms with Crippen LogP contribution in [0.1, 0.15) is 36.0 Å². The summed E-state index contributed by atoms with van der Waals surface area (Å²) in [6.07, 6.45) is 1.69. The molecule has 5 nitrogen and oxygen atoms in total. The number of ether oxygens (including phenoxy) is 1. The van der Waals surface area contributed by atoms with Crippen LogP contribution in [0.2, 0.25) is 0 Å². The van der Waals surface area contributed by atoms with Crippen molar-refractivity contribution in [2.75, 3.05) is 33.3 Å². The zero-order valence-corrected chi connectivity index (χ0v) is 16.5. The number of Topliss-reactive ketones (excluding diaryl/α,β-unsaturated/α-hetero) is 1. The van der Waals surface area contributed by atoms with Crippen molar-refractivity contribution < 1.29 is 13.9 Å². The van der Waals surface area contributed by atoms with Crippen LogP contribution in [-0.4, -0.2) is 44.0 Å². The number of hydrogen-bond donors (Lipinski definition) is 1. The van der Waals surface area contributed by atoms with Crippen LogP contribution in [0.3, 0.4) is 0 Å². The average Bonchev–Trinajstić information content (AvgIpc) is 3.15. The van der Waals surface area contributed by atoms with Crippen molar-refractivity contribution in [1.29, 1.82) is 0 Å². The van der Waals surface area contributed by atoms with Gasteiger partial charge in [0.15, 0.2) is 5.78 Å². The molecule has 1 aromatic heterocycles. The molecule has 25 heavy (non-hydrogen) atoms. The van der Waals surface area contributed by atoms with Crippen LogP contribution in [0.15, 0.2) is 45.5 Å². The summed E-state index contributed by atoms with van der Waals surface area (Å²) in [6.45, 7) is 7.01. The molecule has 1 atom stereocenters. The first-order valence-electron chi connectivity index (χ1n) is 8.45. The van der Waals surface area contributed by atoms with E-state index < -0.39 is 0 Å². The first-order chi connectivity index (χ1) is 12.1. The van der Waals surface area contributed by atoms with Crippen LogP contribution < -0.4 is 10.1 Å². The number of carbonyl (C=O) groups is 1. The van der Waals surface area contributed by atoms with Gasteiger partial charge in [0.25, 0.3) is 0 Å². The van der Waals surface area contributed by atoms with Crippen LogP contribution in [-0.2, 0) is 0 Å². The molecular weight excluding hydrogens is 384 g/mol. The molecule has 2 rings (SSSR count). The molecule has 0 fully saturated rings. The number of carbonyl (C=O) groups excluding carboxylic acids is 1. The summed E-state index contributed by atoms with van der Waals surface area (Å²) in [5.41, 5.74) is 0.651. The summed E-state index contributed by atoms with van der Waals surface area (Å²) in [5.74, 6) is 1.67. The van der Waals surface area contributed by atoms with Crippen LogP contribution in [0.5, 0.6) is 5.75 Å². The number of ketones is 1. The van der Waals surface area contributed by atoms with Crippen LogP contribution in [0, 0.1) is 0 Å². The van der Waals surface area contributed by atoms with E-state index in [4.69, 9.17) is 9.15 Å². The third-order valence-electron chi connectivity index (χ3n) is 4.22. The molecule has 0 spiro atoms. The van der Waals surface area contributed by atoms with Gasteiger partial charge in [-0.15, -0.1) is 0 Å². The van der Waals surface area contributed by atoms with Gasteiger partial charge in [-0.3, -0.25) is 9.69 Å². The van der Waals surface area contributed by atoms with Gasteiger partial charge in [-0.05, 0) is 59.4 Å². The zero-order valence-electron chi connectivity index (χ0n) is 14.9. The average molecular weight is 409 g/mol. The Balaban J connectivity index is 1.97. The summed E-state index contributed by atoms with van der Waals surface area (Å²) >= 11 is 3.41. The largest absolute Gasteiger partial charge is 0.496 e. The lowest BCUT2D eigenvalue weighted by atomic mass is 10.1. The van der Waals surface area contributed by atoms with E-state index in [1.165, 1.54) is 0 Å². The summed E-state index contributed by atoms with van der Waals surface area (Å²) in [5, 5.41) is 3.27. The van der Waals surface area contributed by atoms with E-state index in [0.717, 1.165) is 23.3 Å². The van der Waals surface area contributed by atoms with Crippen molar-refractivity contribution >= 4 is 21.7 Å². The van der Waals surface area contributed by atoms with E-state index >= 15 is 0 Å². The number of benzene rings is 1. The molecule has 0 radical (unpaired) electrons. The van der Waals surface area contributed by atoms with Gasteiger partial charge in [0.05, 0.1) is 30.4 Å². The Morgan fingerprint density at radius 1 is 1.32 bits per heavy atom. The number of furan rings is 1. The number of hydrogen-bond acceptors (Lipinski definition) is 5. The Labute approximate surface area is 157 Å². The van der Waals surface area contributed by atoms with Gasteiger partial charge in [-0.25, -0.2) is 0 Å². The third-order valence-corrected chi connectivity index (χ3v) is 4.84. The summed E-state index contributed by atoms with van der Waals surface area (Å²) in [4.78, 5) is 14.7. The van der Waals surface area contributed by atoms with E-state index in [-0.39, 0.29) is 18.4 Å². The first-order valence-corrected chi connectivity index (χ1v) is 9.24. The predicted molar refractivity (Wildman–Crippen MR) is 102 cm³/mol. The Morgan fingerprint density at radius 2 is 2.08 bits per heavy atom. The number of halogens is 1. The van der Waals surface area contributed by atoms with Gasteiger partial charge in [0, 0.05) is 12.1 Å². The van der Waals surface area contributed by atoms with E-state index in [0.29, 0.717) is 17.9 Å². The second-order valence-electron chi connectivity index (χ2n) is 5.66. The molecule has 0 saturated heterocycles. The molecule has 136 valence electrons. The molecule has 0 aliphatic rings. The lowest BCUT2D eigenvalue weighted by molar-refractivity contribution is 0.0985. The minimum atomic E-state index is 0.0427. The fourth-order valence-corrected chi connectivity index (χ4v) is 3.36. The number of likely N-dealkylation sites (N-methyl/N-ethyl adjacent to an activating group) is 1. The summed E-state index contributed by atoms with van der Waals surface area (Å²) < 4.78 is 11.5. The van der Waals surface area contributed by atoms with Gasteiger partial charge in [0.1, 0.15) is 11.5 Å². The molecule has 0 aliphatic carbocycles. The highest BCUT2D eigenvalue weighted by Crippen LogP contribution is 2.25. The van der Waals surface area contributed by atoms with Crippen molar-refractivity contribution in [2.24, 2.45) is 0 Å². The van der Waals surface area contributed by atoms with E-state index in [1.807, 2.05) is 12.1 Å². The van der Waals surface area contributed by atoms with Gasteiger partial charge >= 0.3 is 0 Å². The van der Waals surface area contributed by atoms with Gasteiger partial charge in [0.2, 0.25) is 0 Å². The Bertz CT molecular complexity index is 669. The maximum absolute atomic E-state index is 12.4.